The number of anilines is 1. The molecule has 192 valence electrons. The van der Waals surface area contributed by atoms with Crippen LogP contribution in [0.15, 0.2) is 48.5 Å². The minimum atomic E-state index is -3.52. The van der Waals surface area contributed by atoms with Gasteiger partial charge in [0.2, 0.25) is 21.8 Å². The third-order valence-electron chi connectivity index (χ3n) is 5.99. The molecule has 1 N–H and O–H groups in total. The number of nitrogens with zero attached hydrogens (tertiary/aromatic N) is 2. The first kappa shape index (κ1) is 28.4. The lowest BCUT2D eigenvalue weighted by molar-refractivity contribution is -0.139. The third kappa shape index (κ3) is 8.69. The minimum absolute atomic E-state index is 0.150. The Morgan fingerprint density at radius 3 is 2.34 bits per heavy atom. The van der Waals surface area contributed by atoms with E-state index in [4.69, 9.17) is 0 Å². The molecule has 7 nitrogen and oxygen atoms in total. The van der Waals surface area contributed by atoms with Crippen molar-refractivity contribution in [3.8, 4) is 0 Å². The number of nitrogens with one attached hydrogen (secondary N) is 1. The summed E-state index contributed by atoms with van der Waals surface area (Å²) in [5.41, 5.74) is 3.55. The normalized spacial score (nSPS) is 12.1. The Bertz CT molecular complexity index is 1090. The van der Waals surface area contributed by atoms with E-state index in [1.54, 1.807) is 11.8 Å². The van der Waals surface area contributed by atoms with Crippen molar-refractivity contribution in [1.82, 2.24) is 10.2 Å². The number of benzene rings is 2. The van der Waals surface area contributed by atoms with Crippen molar-refractivity contribution in [3.63, 3.8) is 0 Å². The van der Waals surface area contributed by atoms with E-state index >= 15 is 0 Å². The molecule has 0 aliphatic heterocycles. The van der Waals surface area contributed by atoms with Gasteiger partial charge in [-0.2, -0.15) is 0 Å². The second kappa shape index (κ2) is 13.3. The highest BCUT2D eigenvalue weighted by Crippen LogP contribution is 2.24. The molecule has 35 heavy (non-hydrogen) atoms. The summed E-state index contributed by atoms with van der Waals surface area (Å²) in [5.74, 6) is -0.337. The highest BCUT2D eigenvalue weighted by molar-refractivity contribution is 7.92. The molecule has 1 atom stereocenters. The van der Waals surface area contributed by atoms with Crippen LogP contribution >= 0.6 is 0 Å². The Labute approximate surface area is 210 Å². The fourth-order valence-corrected chi connectivity index (χ4v) is 4.95. The van der Waals surface area contributed by atoms with E-state index in [-0.39, 0.29) is 24.8 Å². The summed E-state index contributed by atoms with van der Waals surface area (Å²) in [4.78, 5) is 27.5. The van der Waals surface area contributed by atoms with Gasteiger partial charge in [0.05, 0.1) is 11.9 Å². The van der Waals surface area contributed by atoms with Crippen molar-refractivity contribution >= 4 is 27.5 Å². The van der Waals surface area contributed by atoms with E-state index in [1.165, 1.54) is 10.6 Å². The van der Waals surface area contributed by atoms with Gasteiger partial charge in [-0.05, 0) is 62.8 Å². The fourth-order valence-electron chi connectivity index (χ4n) is 3.94. The first-order chi connectivity index (χ1) is 16.5. The molecule has 2 aromatic rings. The SMILES string of the molecule is CCCNC(=O)[C@H](C)N(CCc1ccccc1)C(=O)CCCN(c1cc(C)ccc1C)S(C)(=O)=O. The number of amides is 2. The van der Waals surface area contributed by atoms with Crippen LogP contribution in [0.3, 0.4) is 0 Å². The Hall–Kier alpha value is -2.87. The molecular weight excluding hydrogens is 462 g/mol. The predicted octanol–water partition coefficient (Wildman–Crippen LogP) is 3.84. The van der Waals surface area contributed by atoms with Crippen LogP contribution in [-0.4, -0.2) is 57.1 Å². The summed E-state index contributed by atoms with van der Waals surface area (Å²) in [7, 11) is -3.52. The maximum absolute atomic E-state index is 13.3. The fraction of sp³-hybridized carbons (Fsp3) is 0.481. The summed E-state index contributed by atoms with van der Waals surface area (Å²) in [6.45, 7) is 8.68. The molecule has 0 aliphatic carbocycles. The number of aryl methyl sites for hydroxylation is 2. The lowest BCUT2D eigenvalue weighted by atomic mass is 10.1. The Kier molecular flexibility index (Phi) is 10.8. The summed E-state index contributed by atoms with van der Waals surface area (Å²) in [6, 6.07) is 14.9. The minimum Gasteiger partial charge on any atom is -0.354 e. The van der Waals surface area contributed by atoms with E-state index in [2.05, 4.69) is 5.32 Å². The van der Waals surface area contributed by atoms with Crippen molar-refractivity contribution in [1.29, 1.82) is 0 Å². The van der Waals surface area contributed by atoms with Gasteiger partial charge in [-0.15, -0.1) is 0 Å². The molecule has 0 unspecified atom stereocenters. The van der Waals surface area contributed by atoms with Gasteiger partial charge >= 0.3 is 0 Å². The van der Waals surface area contributed by atoms with Gasteiger partial charge < -0.3 is 10.2 Å². The molecule has 2 rings (SSSR count). The van der Waals surface area contributed by atoms with E-state index in [0.717, 1.165) is 23.1 Å². The third-order valence-corrected chi connectivity index (χ3v) is 7.17. The first-order valence-electron chi connectivity index (χ1n) is 12.2. The second-order valence-corrected chi connectivity index (χ2v) is 10.9. The van der Waals surface area contributed by atoms with Crippen LogP contribution in [0.4, 0.5) is 5.69 Å². The molecule has 2 aromatic carbocycles. The monoisotopic (exact) mass is 501 g/mol. The molecule has 0 bridgehead atoms. The van der Waals surface area contributed by atoms with Crippen LogP contribution in [0.25, 0.3) is 0 Å². The molecule has 0 aliphatic rings. The number of hydrogen-bond donors (Lipinski definition) is 1. The number of rotatable bonds is 13. The molecule has 8 heteroatoms. The van der Waals surface area contributed by atoms with Crippen molar-refractivity contribution in [2.24, 2.45) is 0 Å². The highest BCUT2D eigenvalue weighted by Gasteiger charge is 2.26. The Morgan fingerprint density at radius 1 is 1.03 bits per heavy atom. The number of carbonyl (C=O) groups is 2. The van der Waals surface area contributed by atoms with E-state index < -0.39 is 16.1 Å². The summed E-state index contributed by atoms with van der Waals surface area (Å²) in [5, 5.41) is 2.87. The topological polar surface area (TPSA) is 86.8 Å². The molecule has 0 radical (unpaired) electrons. The van der Waals surface area contributed by atoms with Crippen LogP contribution in [0.5, 0.6) is 0 Å². The Balaban J connectivity index is 2.13. The first-order valence-corrected chi connectivity index (χ1v) is 14.1. The zero-order valence-electron chi connectivity index (χ0n) is 21.6. The highest BCUT2D eigenvalue weighted by atomic mass is 32.2. The molecule has 0 aromatic heterocycles. The predicted molar refractivity (Wildman–Crippen MR) is 142 cm³/mol. The number of carbonyl (C=O) groups excluding carboxylic acids is 2. The smallest absolute Gasteiger partial charge is 0.242 e. The lowest BCUT2D eigenvalue weighted by Gasteiger charge is -2.29. The van der Waals surface area contributed by atoms with Crippen molar-refractivity contribution in [3.05, 3.63) is 65.2 Å². The van der Waals surface area contributed by atoms with Gasteiger partial charge in [0, 0.05) is 26.1 Å². The quantitative estimate of drug-likeness (QED) is 0.452. The average molecular weight is 502 g/mol. The van der Waals surface area contributed by atoms with Gasteiger partial charge in [0.1, 0.15) is 6.04 Å². The summed E-state index contributed by atoms with van der Waals surface area (Å²) >= 11 is 0. The molecule has 2 amide bonds. The van der Waals surface area contributed by atoms with Gasteiger partial charge in [0.25, 0.3) is 0 Å². The molecule has 0 fully saturated rings. The zero-order chi connectivity index (χ0) is 26.0. The zero-order valence-corrected chi connectivity index (χ0v) is 22.4. The van der Waals surface area contributed by atoms with Gasteiger partial charge in [0.15, 0.2) is 0 Å². The maximum atomic E-state index is 13.3. The van der Waals surface area contributed by atoms with Gasteiger partial charge in [-0.1, -0.05) is 49.4 Å². The largest absolute Gasteiger partial charge is 0.354 e. The van der Waals surface area contributed by atoms with E-state index in [1.807, 2.05) is 69.3 Å². The molecule has 0 saturated carbocycles. The molecular formula is C27H39N3O4S. The van der Waals surface area contributed by atoms with E-state index in [9.17, 15) is 18.0 Å². The lowest BCUT2D eigenvalue weighted by Crippen LogP contribution is -2.49. The molecule has 0 spiro atoms. The summed E-state index contributed by atoms with van der Waals surface area (Å²) in [6.07, 6.45) is 3.14. The molecule has 0 heterocycles. The van der Waals surface area contributed by atoms with Gasteiger partial charge in [-0.3, -0.25) is 13.9 Å². The standard InChI is InChI=1S/C27H39N3O4S/c1-6-17-28-27(32)23(4)29(19-16-24-11-8-7-9-12-24)26(31)13-10-18-30(35(5,33)34)25-20-21(2)14-15-22(25)3/h7-9,11-12,14-15,20,23H,6,10,13,16-19H2,1-5H3,(H,28,32)/t23-/m0/s1. The van der Waals surface area contributed by atoms with Crippen LogP contribution < -0.4 is 9.62 Å². The van der Waals surface area contributed by atoms with E-state index in [0.29, 0.717) is 31.6 Å². The average Bonchev–Trinajstić information content (AvgIpc) is 2.81. The summed E-state index contributed by atoms with van der Waals surface area (Å²) < 4.78 is 26.4. The Morgan fingerprint density at radius 2 is 1.71 bits per heavy atom. The van der Waals surface area contributed by atoms with Crippen LogP contribution in [-0.2, 0) is 26.0 Å². The molecule has 0 saturated heterocycles. The van der Waals surface area contributed by atoms with Crippen LogP contribution in [0, 0.1) is 13.8 Å². The van der Waals surface area contributed by atoms with Crippen molar-refractivity contribution < 1.29 is 18.0 Å². The van der Waals surface area contributed by atoms with Crippen molar-refractivity contribution in [2.45, 2.75) is 59.4 Å². The second-order valence-electron chi connectivity index (χ2n) is 9.02. The van der Waals surface area contributed by atoms with Crippen molar-refractivity contribution in [2.75, 3.05) is 30.2 Å². The number of hydrogen-bond acceptors (Lipinski definition) is 4. The van der Waals surface area contributed by atoms with Crippen LogP contribution in [0.1, 0.15) is 49.8 Å². The van der Waals surface area contributed by atoms with Gasteiger partial charge in [-0.25, -0.2) is 8.42 Å². The number of sulfonamides is 1. The van der Waals surface area contributed by atoms with Crippen LogP contribution in [0.2, 0.25) is 0 Å². The maximum Gasteiger partial charge on any atom is 0.242 e.